The van der Waals surface area contributed by atoms with Crippen molar-refractivity contribution < 1.29 is 4.99 Å². The monoisotopic (exact) mass is 161 g/mol. The second kappa shape index (κ2) is 6.93. The molecule has 0 unspecified atom stereocenters. The fourth-order valence-electron chi connectivity index (χ4n) is 0.588. The molecule has 0 fully saturated rings. The number of nitrogens with one attached hydrogen (secondary N) is 2. The lowest BCUT2D eigenvalue weighted by molar-refractivity contribution is -0.418. The molecule has 0 aliphatic heterocycles. The topological polar surface area (TPSA) is 26.0 Å². The minimum atomic E-state index is 1.16. The second-order valence-corrected chi connectivity index (χ2v) is 3.14. The van der Waals surface area contributed by atoms with E-state index in [-0.39, 0.29) is 0 Å². The summed E-state index contributed by atoms with van der Waals surface area (Å²) in [5.41, 5.74) is 0. The number of hydrogen-bond donors (Lipinski definition) is 2. The molecule has 0 aliphatic carbocycles. The van der Waals surface area contributed by atoms with Gasteiger partial charge in [-0.05, 0) is 18.2 Å². The van der Waals surface area contributed by atoms with Gasteiger partial charge < -0.3 is 0 Å². The van der Waals surface area contributed by atoms with Gasteiger partial charge in [0.05, 0.1) is 14.1 Å². The van der Waals surface area contributed by atoms with Gasteiger partial charge in [-0.1, -0.05) is 13.3 Å². The smallest absolute Gasteiger partial charge is 0.272 e. The van der Waals surface area contributed by atoms with Gasteiger partial charge in [-0.2, -0.15) is 0 Å². The number of hydrogen-bond acceptors (Lipinski definition) is 1. The van der Waals surface area contributed by atoms with Crippen molar-refractivity contribution in [1.82, 2.24) is 5.32 Å². The molecule has 2 nitrogen and oxygen atoms in total. The molecular formula is C7H17N2S+. The van der Waals surface area contributed by atoms with E-state index in [9.17, 15) is 0 Å². The summed E-state index contributed by atoms with van der Waals surface area (Å²) in [6.07, 6.45) is 2.56. The molecule has 0 amide bonds. The quantitative estimate of drug-likeness (QED) is 0.341. The van der Waals surface area contributed by atoms with Crippen LogP contribution in [0.1, 0.15) is 19.8 Å². The summed E-state index contributed by atoms with van der Waals surface area (Å²) in [6, 6.07) is 0. The second-order valence-electron chi connectivity index (χ2n) is 2.03. The minimum Gasteiger partial charge on any atom is -0.272 e. The molecule has 0 saturated carbocycles. The fourth-order valence-corrected chi connectivity index (χ4v) is 1.51. The van der Waals surface area contributed by atoms with E-state index in [0.29, 0.717) is 0 Å². The van der Waals surface area contributed by atoms with Gasteiger partial charge in [-0.3, -0.25) is 10.3 Å². The van der Waals surface area contributed by atoms with Crippen molar-refractivity contribution in [3.05, 3.63) is 0 Å². The van der Waals surface area contributed by atoms with Gasteiger partial charge in [-0.15, -0.1) is 0 Å². The van der Waals surface area contributed by atoms with Crippen LogP contribution in [0.25, 0.3) is 0 Å². The third kappa shape index (κ3) is 4.68. The Morgan fingerprint density at radius 1 is 1.60 bits per heavy atom. The molecule has 60 valence electrons. The van der Waals surface area contributed by atoms with Gasteiger partial charge >= 0.3 is 5.17 Å². The Morgan fingerprint density at radius 2 is 2.30 bits per heavy atom. The van der Waals surface area contributed by atoms with Crippen molar-refractivity contribution in [2.45, 2.75) is 19.8 Å². The van der Waals surface area contributed by atoms with Crippen LogP contribution in [-0.4, -0.2) is 25.0 Å². The van der Waals surface area contributed by atoms with E-state index in [2.05, 4.69) is 17.2 Å². The molecule has 0 aliphatic rings. The maximum Gasteiger partial charge on any atom is 0.303 e. The van der Waals surface area contributed by atoms with E-state index < -0.39 is 0 Å². The standard InChI is InChI=1S/C7H16N2S/c1-4-5-6-10-7(8-2)9-3/h4-6H2,1-3H3,(H,8,9)/p+1. The molecule has 0 saturated heterocycles. The molecule has 0 aromatic carbocycles. The average molecular weight is 161 g/mol. The molecule has 0 atom stereocenters. The highest BCUT2D eigenvalue weighted by Crippen LogP contribution is 2.01. The Bertz CT molecular complexity index is 102. The first-order valence-electron chi connectivity index (χ1n) is 3.70. The zero-order chi connectivity index (χ0) is 7.82. The SMILES string of the molecule is CCCCSC(NC)=[NH+]C. The van der Waals surface area contributed by atoms with E-state index >= 15 is 0 Å². The molecule has 0 bridgehead atoms. The summed E-state index contributed by atoms with van der Waals surface area (Å²) in [7, 11) is 3.87. The number of rotatable bonds is 3. The first kappa shape index (κ1) is 9.82. The van der Waals surface area contributed by atoms with Crippen molar-refractivity contribution in [2.75, 3.05) is 19.8 Å². The first-order chi connectivity index (χ1) is 4.85. The molecule has 10 heavy (non-hydrogen) atoms. The highest BCUT2D eigenvalue weighted by atomic mass is 32.2. The fraction of sp³-hybridized carbons (Fsp3) is 0.857. The summed E-state index contributed by atoms with van der Waals surface area (Å²) in [4.78, 5) is 3.08. The lowest BCUT2D eigenvalue weighted by Gasteiger charge is -1.95. The molecule has 0 radical (unpaired) electrons. The van der Waals surface area contributed by atoms with Gasteiger partial charge in [0.15, 0.2) is 0 Å². The molecule has 0 rings (SSSR count). The molecule has 3 heteroatoms. The Hall–Kier alpha value is -0.180. The van der Waals surface area contributed by atoms with Crippen LogP contribution in [0.2, 0.25) is 0 Å². The molecule has 2 N–H and O–H groups in total. The lowest BCUT2D eigenvalue weighted by Crippen LogP contribution is -2.70. The molecule has 0 aromatic heterocycles. The summed E-state index contributed by atoms with van der Waals surface area (Å²) >= 11 is 1.84. The van der Waals surface area contributed by atoms with Crippen molar-refractivity contribution >= 4 is 16.9 Å². The maximum atomic E-state index is 3.08. The van der Waals surface area contributed by atoms with Crippen LogP contribution in [0.4, 0.5) is 0 Å². The van der Waals surface area contributed by atoms with Gasteiger partial charge in [0.2, 0.25) is 0 Å². The third-order valence-corrected chi connectivity index (χ3v) is 2.39. The van der Waals surface area contributed by atoms with Crippen molar-refractivity contribution in [3.8, 4) is 0 Å². The Labute approximate surface area is 67.5 Å². The zero-order valence-corrected chi connectivity index (χ0v) is 7.85. The van der Waals surface area contributed by atoms with Gasteiger partial charge in [-0.25, -0.2) is 0 Å². The van der Waals surface area contributed by atoms with Crippen LogP contribution in [0.5, 0.6) is 0 Å². The summed E-state index contributed by atoms with van der Waals surface area (Å²) in [5.74, 6) is 1.20. The molecule has 0 spiro atoms. The first-order valence-corrected chi connectivity index (χ1v) is 4.69. The van der Waals surface area contributed by atoms with E-state index in [4.69, 9.17) is 0 Å². The Morgan fingerprint density at radius 3 is 2.70 bits per heavy atom. The molecule has 0 heterocycles. The van der Waals surface area contributed by atoms with E-state index in [1.54, 1.807) is 0 Å². The molecule has 0 aromatic rings. The van der Waals surface area contributed by atoms with Gasteiger partial charge in [0, 0.05) is 5.75 Å². The largest absolute Gasteiger partial charge is 0.303 e. The Kier molecular flexibility index (Phi) is 6.81. The number of thioether (sulfide) groups is 1. The lowest BCUT2D eigenvalue weighted by atomic mass is 10.4. The highest BCUT2D eigenvalue weighted by Gasteiger charge is 1.99. The highest BCUT2D eigenvalue weighted by molar-refractivity contribution is 8.13. The molecular weight excluding hydrogens is 144 g/mol. The predicted octanol–water partition coefficient (Wildman–Crippen LogP) is -0.194. The van der Waals surface area contributed by atoms with Crippen LogP contribution in [0.3, 0.4) is 0 Å². The normalized spacial score (nSPS) is 11.7. The summed E-state index contributed by atoms with van der Waals surface area (Å²) in [6.45, 7) is 2.21. The zero-order valence-electron chi connectivity index (χ0n) is 7.03. The maximum absolute atomic E-state index is 3.08. The summed E-state index contributed by atoms with van der Waals surface area (Å²) < 4.78 is 0. The predicted molar refractivity (Wildman–Crippen MR) is 48.3 cm³/mol. The third-order valence-electron chi connectivity index (χ3n) is 1.20. The average Bonchev–Trinajstić information content (AvgIpc) is 1.99. The van der Waals surface area contributed by atoms with Gasteiger partial charge in [0.25, 0.3) is 0 Å². The summed E-state index contributed by atoms with van der Waals surface area (Å²) in [5, 5.41) is 4.24. The number of unbranched alkanes of at least 4 members (excludes halogenated alkanes) is 1. The van der Waals surface area contributed by atoms with Crippen LogP contribution < -0.4 is 10.3 Å². The van der Waals surface area contributed by atoms with E-state index in [1.165, 1.54) is 18.6 Å². The minimum absolute atomic E-state index is 1.16. The van der Waals surface area contributed by atoms with Crippen LogP contribution in [-0.2, 0) is 0 Å². The number of amidine groups is 1. The van der Waals surface area contributed by atoms with Crippen LogP contribution in [0.15, 0.2) is 0 Å². The van der Waals surface area contributed by atoms with Crippen molar-refractivity contribution in [3.63, 3.8) is 0 Å². The van der Waals surface area contributed by atoms with Crippen molar-refractivity contribution in [1.29, 1.82) is 0 Å². The Balaban J connectivity index is 3.27. The van der Waals surface area contributed by atoms with Gasteiger partial charge in [0.1, 0.15) is 0 Å². The van der Waals surface area contributed by atoms with Crippen LogP contribution in [0, 0.1) is 0 Å². The van der Waals surface area contributed by atoms with Crippen LogP contribution >= 0.6 is 11.8 Å². The van der Waals surface area contributed by atoms with E-state index in [0.717, 1.165) is 5.17 Å². The van der Waals surface area contributed by atoms with E-state index in [1.807, 2.05) is 25.9 Å². The van der Waals surface area contributed by atoms with Crippen molar-refractivity contribution in [2.24, 2.45) is 0 Å².